The first-order valence-corrected chi connectivity index (χ1v) is 11.3. The second kappa shape index (κ2) is 7.73. The number of ether oxygens (including phenoxy) is 1. The average molecular weight is 405 g/mol. The molecule has 4 nitrogen and oxygen atoms in total. The maximum atomic E-state index is 12.8. The van der Waals surface area contributed by atoms with Crippen LogP contribution >= 0.6 is 0 Å². The van der Waals surface area contributed by atoms with Gasteiger partial charge >= 0.3 is 0 Å². The predicted molar refractivity (Wildman–Crippen MR) is 119 cm³/mol. The minimum absolute atomic E-state index is 0.166. The Labute approximate surface area is 179 Å². The topological polar surface area (TPSA) is 32.8 Å². The summed E-state index contributed by atoms with van der Waals surface area (Å²) in [4.78, 5) is 17.4. The molecule has 3 heterocycles. The summed E-state index contributed by atoms with van der Waals surface area (Å²) in [5.74, 6) is 1.40. The highest BCUT2D eigenvalue weighted by Crippen LogP contribution is 2.43. The Balaban J connectivity index is 1.21. The van der Waals surface area contributed by atoms with Crippen LogP contribution in [0, 0.1) is 12.3 Å². The predicted octanol–water partition coefficient (Wildman–Crippen LogP) is 4.51. The number of piperidine rings is 1. The molecule has 3 aliphatic rings. The molecule has 30 heavy (non-hydrogen) atoms. The Kier molecular flexibility index (Phi) is 5.06. The van der Waals surface area contributed by atoms with Crippen LogP contribution in [0.4, 0.5) is 0 Å². The van der Waals surface area contributed by atoms with Crippen LogP contribution in [0.1, 0.15) is 54.5 Å². The van der Waals surface area contributed by atoms with E-state index in [9.17, 15) is 4.79 Å². The Morgan fingerprint density at radius 3 is 2.63 bits per heavy atom. The van der Waals surface area contributed by atoms with Gasteiger partial charge in [0.1, 0.15) is 5.75 Å². The first kappa shape index (κ1) is 19.6. The zero-order valence-electron chi connectivity index (χ0n) is 18.2. The number of fused-ring (bicyclic) bond motifs is 1. The van der Waals surface area contributed by atoms with Crippen molar-refractivity contribution in [1.29, 1.82) is 0 Å². The highest BCUT2D eigenvalue weighted by Gasteiger charge is 2.45. The first-order valence-electron chi connectivity index (χ1n) is 11.3. The fraction of sp³-hybridized carbons (Fsp3) is 0.500. The van der Waals surface area contributed by atoms with Gasteiger partial charge < -0.3 is 9.64 Å². The van der Waals surface area contributed by atoms with Gasteiger partial charge in [-0.3, -0.25) is 9.69 Å². The number of hydrogen-bond donors (Lipinski definition) is 0. The third-order valence-corrected chi connectivity index (χ3v) is 7.51. The molecular weight excluding hydrogens is 372 g/mol. The van der Waals surface area contributed by atoms with Crippen molar-refractivity contribution in [3.63, 3.8) is 0 Å². The number of likely N-dealkylation sites (tertiary alicyclic amines) is 2. The number of nitrogens with zero attached hydrogens (tertiary/aromatic N) is 2. The maximum Gasteiger partial charge on any atom is 0.223 e. The van der Waals surface area contributed by atoms with E-state index in [4.69, 9.17) is 4.74 Å². The highest BCUT2D eigenvalue weighted by molar-refractivity contribution is 5.79. The van der Waals surface area contributed by atoms with E-state index in [1.54, 1.807) is 0 Å². The molecule has 2 aromatic carbocycles. The molecule has 0 aliphatic carbocycles. The standard InChI is InChI=1S/C26H32N2O2/c1-19-3-5-21(6-4-19)17-28-18-26(16-25(28)29)10-12-27(13-11-26)20(2)23-8-7-22-9-14-30-24(22)15-23/h3-8,15,20H,9-14,16-18H2,1-2H3. The van der Waals surface area contributed by atoms with Crippen LogP contribution in [-0.2, 0) is 17.8 Å². The van der Waals surface area contributed by atoms with Crippen LogP contribution in [0.3, 0.4) is 0 Å². The van der Waals surface area contributed by atoms with Crippen molar-refractivity contribution in [1.82, 2.24) is 9.80 Å². The minimum Gasteiger partial charge on any atom is -0.493 e. The van der Waals surface area contributed by atoms with E-state index >= 15 is 0 Å². The summed E-state index contributed by atoms with van der Waals surface area (Å²) in [6.45, 7) is 9.00. The molecule has 2 aromatic rings. The van der Waals surface area contributed by atoms with Crippen molar-refractivity contribution < 1.29 is 9.53 Å². The number of benzene rings is 2. The fourth-order valence-corrected chi connectivity index (χ4v) is 5.41. The normalized spacial score (nSPS) is 21.7. The van der Waals surface area contributed by atoms with Gasteiger partial charge in [-0.1, -0.05) is 42.0 Å². The zero-order valence-corrected chi connectivity index (χ0v) is 18.2. The highest BCUT2D eigenvalue weighted by atomic mass is 16.5. The molecule has 0 radical (unpaired) electrons. The fourth-order valence-electron chi connectivity index (χ4n) is 5.41. The van der Waals surface area contributed by atoms with Gasteiger partial charge in [-0.05, 0) is 68.0 Å². The van der Waals surface area contributed by atoms with E-state index in [-0.39, 0.29) is 5.41 Å². The summed E-state index contributed by atoms with van der Waals surface area (Å²) >= 11 is 0. The molecule has 158 valence electrons. The average Bonchev–Trinajstić information content (AvgIpc) is 3.33. The van der Waals surface area contributed by atoms with Crippen molar-refractivity contribution in [2.24, 2.45) is 5.41 Å². The van der Waals surface area contributed by atoms with Crippen LogP contribution in [0.2, 0.25) is 0 Å². The van der Waals surface area contributed by atoms with Gasteiger partial charge in [0.25, 0.3) is 0 Å². The lowest BCUT2D eigenvalue weighted by Gasteiger charge is -2.41. The van der Waals surface area contributed by atoms with Crippen molar-refractivity contribution in [2.45, 2.75) is 52.1 Å². The summed E-state index contributed by atoms with van der Waals surface area (Å²) in [6, 6.07) is 15.7. The summed E-state index contributed by atoms with van der Waals surface area (Å²) in [6.07, 6.45) is 3.96. The SMILES string of the molecule is Cc1ccc(CN2CC3(CCN(C(C)c4ccc5c(c4)OCC5)CC3)CC2=O)cc1. The molecule has 1 unspecified atom stereocenters. The zero-order chi connectivity index (χ0) is 20.7. The first-order chi connectivity index (χ1) is 14.5. The Morgan fingerprint density at radius 1 is 1.10 bits per heavy atom. The van der Waals surface area contributed by atoms with E-state index in [0.717, 1.165) is 57.8 Å². The minimum atomic E-state index is 0.166. The van der Waals surface area contributed by atoms with E-state index in [1.165, 1.54) is 22.3 Å². The summed E-state index contributed by atoms with van der Waals surface area (Å²) in [5.41, 5.74) is 5.34. The van der Waals surface area contributed by atoms with Crippen molar-refractivity contribution in [3.8, 4) is 5.75 Å². The quantitative estimate of drug-likeness (QED) is 0.752. The van der Waals surface area contributed by atoms with Gasteiger partial charge in [0.2, 0.25) is 5.91 Å². The van der Waals surface area contributed by atoms with Crippen molar-refractivity contribution >= 4 is 5.91 Å². The van der Waals surface area contributed by atoms with E-state index in [0.29, 0.717) is 18.4 Å². The lowest BCUT2D eigenvalue weighted by Crippen LogP contribution is -2.42. The molecule has 2 saturated heterocycles. The molecule has 1 spiro atoms. The molecule has 4 heteroatoms. The molecule has 2 fully saturated rings. The molecule has 0 bridgehead atoms. The number of carbonyl (C=O) groups is 1. The molecule has 3 aliphatic heterocycles. The van der Waals surface area contributed by atoms with Crippen LogP contribution in [-0.4, -0.2) is 41.9 Å². The van der Waals surface area contributed by atoms with E-state index in [2.05, 4.69) is 66.1 Å². The largest absolute Gasteiger partial charge is 0.493 e. The molecule has 1 amide bonds. The summed E-state index contributed by atoms with van der Waals surface area (Å²) in [5, 5.41) is 0. The van der Waals surface area contributed by atoms with Crippen LogP contribution in [0.5, 0.6) is 5.75 Å². The van der Waals surface area contributed by atoms with Gasteiger partial charge in [0, 0.05) is 32.0 Å². The summed E-state index contributed by atoms with van der Waals surface area (Å²) < 4.78 is 5.77. The van der Waals surface area contributed by atoms with Gasteiger partial charge in [0.15, 0.2) is 0 Å². The van der Waals surface area contributed by atoms with Crippen LogP contribution in [0.25, 0.3) is 0 Å². The molecular formula is C26H32N2O2. The monoisotopic (exact) mass is 404 g/mol. The van der Waals surface area contributed by atoms with Crippen molar-refractivity contribution in [2.75, 3.05) is 26.2 Å². The molecule has 5 rings (SSSR count). The lowest BCUT2D eigenvalue weighted by atomic mass is 9.77. The van der Waals surface area contributed by atoms with Gasteiger partial charge in [-0.25, -0.2) is 0 Å². The number of amides is 1. The Morgan fingerprint density at radius 2 is 1.87 bits per heavy atom. The van der Waals surface area contributed by atoms with Gasteiger partial charge in [-0.15, -0.1) is 0 Å². The number of carbonyl (C=O) groups excluding carboxylic acids is 1. The number of aryl methyl sites for hydroxylation is 1. The second-order valence-corrected chi connectivity index (χ2v) is 9.59. The lowest BCUT2D eigenvalue weighted by molar-refractivity contribution is -0.128. The molecule has 1 atom stereocenters. The van der Waals surface area contributed by atoms with Crippen molar-refractivity contribution in [3.05, 3.63) is 64.7 Å². The Hall–Kier alpha value is -2.33. The Bertz CT molecular complexity index is 929. The molecule has 0 aromatic heterocycles. The second-order valence-electron chi connectivity index (χ2n) is 9.59. The number of rotatable bonds is 4. The van der Waals surface area contributed by atoms with E-state index in [1.807, 2.05) is 0 Å². The smallest absolute Gasteiger partial charge is 0.223 e. The third-order valence-electron chi connectivity index (χ3n) is 7.51. The third kappa shape index (κ3) is 3.74. The van der Waals surface area contributed by atoms with Crippen LogP contribution < -0.4 is 4.74 Å². The number of hydrogen-bond acceptors (Lipinski definition) is 3. The molecule has 0 saturated carbocycles. The summed E-state index contributed by atoms with van der Waals surface area (Å²) in [7, 11) is 0. The maximum absolute atomic E-state index is 12.8. The van der Waals surface area contributed by atoms with Gasteiger partial charge in [-0.2, -0.15) is 0 Å². The van der Waals surface area contributed by atoms with Crippen LogP contribution in [0.15, 0.2) is 42.5 Å². The van der Waals surface area contributed by atoms with Gasteiger partial charge in [0.05, 0.1) is 6.61 Å². The van der Waals surface area contributed by atoms with E-state index < -0.39 is 0 Å². The molecule has 0 N–H and O–H groups in total.